The molecule has 1 aromatic heterocycles. The van der Waals surface area contributed by atoms with Crippen molar-refractivity contribution in [3.8, 4) is 22.8 Å². The predicted molar refractivity (Wildman–Crippen MR) is 115 cm³/mol. The van der Waals surface area contributed by atoms with Crippen LogP contribution < -0.4 is 0 Å². The van der Waals surface area contributed by atoms with Crippen LogP contribution >= 0.6 is 11.6 Å². The molecule has 0 bridgehead atoms. The Kier molecular flexibility index (Phi) is 5.88. The van der Waals surface area contributed by atoms with Gasteiger partial charge in [0.2, 0.25) is 5.82 Å². The molecule has 4 rings (SSSR count). The van der Waals surface area contributed by atoms with E-state index in [2.05, 4.69) is 41.0 Å². The number of nitrogens with zero attached hydrogens (tertiary/aromatic N) is 3. The lowest BCUT2D eigenvalue weighted by Crippen LogP contribution is -2.49. The highest BCUT2D eigenvalue weighted by Crippen LogP contribution is 2.30. The van der Waals surface area contributed by atoms with Crippen LogP contribution in [0.2, 0.25) is 5.02 Å². The molecule has 1 saturated heterocycles. The van der Waals surface area contributed by atoms with Crippen LogP contribution in [0.3, 0.4) is 0 Å². The molecule has 1 aliphatic heterocycles. The Morgan fingerprint density at radius 3 is 2.53 bits per heavy atom. The highest BCUT2D eigenvalue weighted by atomic mass is 35.5. The van der Waals surface area contributed by atoms with Gasteiger partial charge in [-0.05, 0) is 47.7 Å². The van der Waals surface area contributed by atoms with Gasteiger partial charge in [-0.2, -0.15) is 4.98 Å². The molecular formula is C23H24ClN3O3. The lowest BCUT2D eigenvalue weighted by molar-refractivity contribution is -0.147. The van der Waals surface area contributed by atoms with Crippen molar-refractivity contribution < 1.29 is 14.4 Å². The molecule has 1 fully saturated rings. The summed E-state index contributed by atoms with van der Waals surface area (Å²) in [7, 11) is 0. The first-order valence-electron chi connectivity index (χ1n) is 10.1. The van der Waals surface area contributed by atoms with Crippen LogP contribution in [-0.4, -0.2) is 39.2 Å². The second-order valence-electron chi connectivity index (χ2n) is 8.26. The molecule has 0 aliphatic carbocycles. The maximum atomic E-state index is 10.9. The normalized spacial score (nSPS) is 14.8. The zero-order valence-corrected chi connectivity index (χ0v) is 17.8. The first kappa shape index (κ1) is 20.6. The predicted octanol–water partition coefficient (Wildman–Crippen LogP) is 4.77. The Bertz CT molecular complexity index is 1040. The van der Waals surface area contributed by atoms with Crippen LogP contribution in [0.4, 0.5) is 0 Å². The van der Waals surface area contributed by atoms with Crippen molar-refractivity contribution in [2.24, 2.45) is 11.8 Å². The number of aliphatic carboxylic acids is 1. The van der Waals surface area contributed by atoms with Crippen LogP contribution in [0.1, 0.15) is 25.0 Å². The first-order valence-corrected chi connectivity index (χ1v) is 10.4. The molecule has 0 radical (unpaired) electrons. The first-order chi connectivity index (χ1) is 14.4. The minimum atomic E-state index is -0.734. The molecule has 0 unspecified atom stereocenters. The Morgan fingerprint density at radius 1 is 1.20 bits per heavy atom. The summed E-state index contributed by atoms with van der Waals surface area (Å²) in [5.41, 5.74) is 3.89. The van der Waals surface area contributed by atoms with E-state index in [4.69, 9.17) is 21.2 Å². The monoisotopic (exact) mass is 425 g/mol. The van der Waals surface area contributed by atoms with E-state index >= 15 is 0 Å². The highest BCUT2D eigenvalue weighted by Gasteiger charge is 2.32. The summed E-state index contributed by atoms with van der Waals surface area (Å²) in [6.07, 6.45) is 1.03. The number of carboxylic acids is 1. The maximum absolute atomic E-state index is 10.9. The van der Waals surface area contributed by atoms with E-state index in [-0.39, 0.29) is 5.92 Å². The molecule has 6 nitrogen and oxygen atoms in total. The Morgan fingerprint density at radius 2 is 1.90 bits per heavy atom. The number of rotatable bonds is 7. The van der Waals surface area contributed by atoms with Crippen LogP contribution in [0.5, 0.6) is 0 Å². The molecule has 7 heteroatoms. The number of likely N-dealkylation sites (tertiary alicyclic amines) is 1. The van der Waals surface area contributed by atoms with Gasteiger partial charge in [-0.25, -0.2) is 0 Å². The van der Waals surface area contributed by atoms with Crippen LogP contribution in [0, 0.1) is 11.8 Å². The summed E-state index contributed by atoms with van der Waals surface area (Å²) in [5.74, 6) is 0.513. The van der Waals surface area contributed by atoms with Gasteiger partial charge in [-0.15, -0.1) is 0 Å². The van der Waals surface area contributed by atoms with Gasteiger partial charge in [0.05, 0.1) is 10.9 Å². The molecule has 3 aromatic rings. The fourth-order valence-electron chi connectivity index (χ4n) is 3.66. The van der Waals surface area contributed by atoms with E-state index in [1.54, 1.807) is 0 Å². The lowest BCUT2D eigenvalue weighted by Gasteiger charge is -2.36. The Balaban J connectivity index is 1.45. The van der Waals surface area contributed by atoms with Gasteiger partial charge < -0.3 is 9.63 Å². The molecule has 30 heavy (non-hydrogen) atoms. The van der Waals surface area contributed by atoms with Crippen molar-refractivity contribution in [3.05, 3.63) is 58.6 Å². The molecular weight excluding hydrogens is 402 g/mol. The second-order valence-corrected chi connectivity index (χ2v) is 8.67. The van der Waals surface area contributed by atoms with E-state index in [1.165, 1.54) is 5.56 Å². The molecule has 0 spiro atoms. The SMILES string of the molecule is CC(C)Cc1ccc(-c2nc(-c3ccc(CN4CC(C(=O)O)C4)cc3Cl)no2)cc1. The zero-order chi connectivity index (χ0) is 21.3. The minimum absolute atomic E-state index is 0.267. The summed E-state index contributed by atoms with van der Waals surface area (Å²) in [5, 5.41) is 13.6. The number of aromatic nitrogens is 2. The number of carboxylic acid groups (broad SMARTS) is 1. The van der Waals surface area contributed by atoms with Gasteiger partial charge in [0.15, 0.2) is 0 Å². The van der Waals surface area contributed by atoms with Crippen molar-refractivity contribution >= 4 is 17.6 Å². The molecule has 2 aromatic carbocycles. The van der Waals surface area contributed by atoms with Crippen LogP contribution in [-0.2, 0) is 17.8 Å². The largest absolute Gasteiger partial charge is 0.481 e. The molecule has 2 heterocycles. The summed E-state index contributed by atoms with van der Waals surface area (Å²) in [4.78, 5) is 17.5. The smallest absolute Gasteiger partial charge is 0.309 e. The zero-order valence-electron chi connectivity index (χ0n) is 17.0. The molecule has 1 aliphatic rings. The Labute approximate surface area is 180 Å². The van der Waals surface area contributed by atoms with E-state index < -0.39 is 5.97 Å². The fourth-order valence-corrected chi connectivity index (χ4v) is 3.94. The van der Waals surface area contributed by atoms with Crippen LogP contribution in [0.25, 0.3) is 22.8 Å². The number of carbonyl (C=O) groups is 1. The minimum Gasteiger partial charge on any atom is -0.481 e. The second kappa shape index (κ2) is 8.58. The summed E-state index contributed by atoms with van der Waals surface area (Å²) >= 11 is 6.48. The molecule has 0 amide bonds. The summed E-state index contributed by atoms with van der Waals surface area (Å²) in [6, 6.07) is 13.9. The maximum Gasteiger partial charge on any atom is 0.309 e. The van der Waals surface area contributed by atoms with Crippen molar-refractivity contribution in [2.75, 3.05) is 13.1 Å². The number of hydrogen-bond acceptors (Lipinski definition) is 5. The number of halogens is 1. The van der Waals surface area contributed by atoms with Gasteiger partial charge >= 0.3 is 5.97 Å². The third-order valence-electron chi connectivity index (χ3n) is 5.26. The van der Waals surface area contributed by atoms with Gasteiger partial charge in [-0.1, -0.05) is 48.8 Å². The standard InChI is InChI=1S/C23H24ClN3O3/c1-14(2)9-15-3-6-17(7-4-15)22-25-21(26-30-22)19-8-5-16(10-20(19)24)11-27-12-18(13-27)23(28)29/h3-8,10,14,18H,9,11-13H2,1-2H3,(H,28,29). The summed E-state index contributed by atoms with van der Waals surface area (Å²) < 4.78 is 5.45. The number of hydrogen-bond donors (Lipinski definition) is 1. The molecule has 0 saturated carbocycles. The number of benzene rings is 2. The van der Waals surface area contributed by atoms with Crippen molar-refractivity contribution in [1.82, 2.24) is 15.0 Å². The van der Waals surface area contributed by atoms with Gasteiger partial charge in [-0.3, -0.25) is 9.69 Å². The van der Waals surface area contributed by atoms with Crippen molar-refractivity contribution in [3.63, 3.8) is 0 Å². The molecule has 156 valence electrons. The molecule has 1 N–H and O–H groups in total. The highest BCUT2D eigenvalue weighted by molar-refractivity contribution is 6.33. The van der Waals surface area contributed by atoms with E-state index in [9.17, 15) is 4.79 Å². The van der Waals surface area contributed by atoms with Crippen molar-refractivity contribution in [1.29, 1.82) is 0 Å². The van der Waals surface area contributed by atoms with E-state index in [0.29, 0.717) is 47.9 Å². The van der Waals surface area contributed by atoms with Gasteiger partial charge in [0, 0.05) is 30.8 Å². The molecule has 0 atom stereocenters. The van der Waals surface area contributed by atoms with Gasteiger partial charge in [0.1, 0.15) is 0 Å². The fraction of sp³-hybridized carbons (Fsp3) is 0.348. The third-order valence-corrected chi connectivity index (χ3v) is 5.57. The van der Waals surface area contributed by atoms with E-state index in [1.807, 2.05) is 30.3 Å². The quantitative estimate of drug-likeness (QED) is 0.587. The van der Waals surface area contributed by atoms with Crippen molar-refractivity contribution in [2.45, 2.75) is 26.8 Å². The average Bonchev–Trinajstić information content (AvgIpc) is 3.14. The lowest BCUT2D eigenvalue weighted by atomic mass is 9.99. The average molecular weight is 426 g/mol. The Hall–Kier alpha value is -2.70. The van der Waals surface area contributed by atoms with Crippen LogP contribution in [0.15, 0.2) is 47.0 Å². The topological polar surface area (TPSA) is 79.5 Å². The summed E-state index contributed by atoms with van der Waals surface area (Å²) in [6.45, 7) is 6.20. The van der Waals surface area contributed by atoms with Gasteiger partial charge in [0.25, 0.3) is 5.89 Å². The van der Waals surface area contributed by atoms with E-state index in [0.717, 1.165) is 17.5 Å². The third kappa shape index (κ3) is 4.55.